The van der Waals surface area contributed by atoms with Crippen LogP contribution in [0.25, 0.3) is 10.8 Å². The molecular weight excluding hydrogens is 253 g/mol. The lowest BCUT2D eigenvalue weighted by Gasteiger charge is -2.14. The molecule has 0 spiro atoms. The molecule has 2 nitrogen and oxygen atoms in total. The molecule has 0 aromatic heterocycles. The van der Waals surface area contributed by atoms with Crippen LogP contribution in [0.3, 0.4) is 0 Å². The van der Waals surface area contributed by atoms with Crippen LogP contribution in [-0.4, -0.2) is 7.11 Å². The average molecular weight is 267 g/mol. The van der Waals surface area contributed by atoms with E-state index in [-0.39, 0.29) is 5.82 Å². The van der Waals surface area contributed by atoms with Gasteiger partial charge in [0.05, 0.1) is 18.5 Å². The zero-order valence-electron chi connectivity index (χ0n) is 11.1. The Hall–Kier alpha value is -2.55. The zero-order valence-corrected chi connectivity index (χ0v) is 11.1. The summed E-state index contributed by atoms with van der Waals surface area (Å²) in [6.07, 6.45) is 0. The third-order valence-electron chi connectivity index (χ3n) is 3.24. The molecule has 0 radical (unpaired) electrons. The fourth-order valence-electron chi connectivity index (χ4n) is 2.25. The number of fused-ring (bicyclic) bond motifs is 1. The summed E-state index contributed by atoms with van der Waals surface area (Å²) in [6, 6.07) is 18.4. The van der Waals surface area contributed by atoms with Gasteiger partial charge in [-0.05, 0) is 23.6 Å². The van der Waals surface area contributed by atoms with Crippen molar-refractivity contribution in [2.24, 2.45) is 0 Å². The summed E-state index contributed by atoms with van der Waals surface area (Å²) in [5.74, 6) is 0.398. The molecule has 0 aliphatic heterocycles. The van der Waals surface area contributed by atoms with Crippen LogP contribution in [0.2, 0.25) is 0 Å². The first-order valence-electron chi connectivity index (χ1n) is 6.37. The molecule has 0 bridgehead atoms. The first-order chi connectivity index (χ1) is 9.79. The van der Waals surface area contributed by atoms with E-state index in [9.17, 15) is 4.39 Å². The maximum atomic E-state index is 13.8. The van der Waals surface area contributed by atoms with Crippen LogP contribution < -0.4 is 10.1 Å². The number of ether oxygens (including phenoxy) is 1. The summed E-state index contributed by atoms with van der Waals surface area (Å²) in [7, 11) is 1.61. The number of halogens is 1. The molecule has 0 fully saturated rings. The Morgan fingerprint density at radius 1 is 0.900 bits per heavy atom. The van der Waals surface area contributed by atoms with Crippen molar-refractivity contribution in [1.29, 1.82) is 0 Å². The molecule has 0 heterocycles. The minimum atomic E-state index is -0.289. The van der Waals surface area contributed by atoms with Gasteiger partial charge in [0.2, 0.25) is 0 Å². The molecule has 0 aliphatic carbocycles. The molecule has 0 saturated heterocycles. The number of methoxy groups -OCH3 is 1. The Balaban J connectivity index is 2.16. The molecule has 0 amide bonds. The molecule has 0 atom stereocenters. The zero-order chi connectivity index (χ0) is 13.9. The normalized spacial score (nSPS) is 10.5. The second-order valence-corrected chi connectivity index (χ2v) is 4.47. The van der Waals surface area contributed by atoms with Crippen molar-refractivity contribution in [2.45, 2.75) is 0 Å². The van der Waals surface area contributed by atoms with Gasteiger partial charge in [-0.2, -0.15) is 0 Å². The van der Waals surface area contributed by atoms with Crippen molar-refractivity contribution in [3.05, 3.63) is 66.5 Å². The van der Waals surface area contributed by atoms with Crippen LogP contribution in [0.4, 0.5) is 15.8 Å². The van der Waals surface area contributed by atoms with Gasteiger partial charge in [0.25, 0.3) is 0 Å². The van der Waals surface area contributed by atoms with E-state index in [1.54, 1.807) is 25.3 Å². The summed E-state index contributed by atoms with van der Waals surface area (Å²) in [6.45, 7) is 0. The van der Waals surface area contributed by atoms with Crippen LogP contribution in [0.1, 0.15) is 0 Å². The quantitative estimate of drug-likeness (QED) is 0.740. The average Bonchev–Trinajstić information content (AvgIpc) is 2.50. The van der Waals surface area contributed by atoms with Crippen molar-refractivity contribution >= 4 is 22.1 Å². The Morgan fingerprint density at radius 3 is 2.45 bits per heavy atom. The van der Waals surface area contributed by atoms with E-state index in [1.165, 1.54) is 6.07 Å². The number of hydrogen-bond acceptors (Lipinski definition) is 2. The topological polar surface area (TPSA) is 21.3 Å². The highest BCUT2D eigenvalue weighted by Crippen LogP contribution is 2.35. The Morgan fingerprint density at radius 2 is 1.65 bits per heavy atom. The van der Waals surface area contributed by atoms with E-state index < -0.39 is 0 Å². The summed E-state index contributed by atoms with van der Waals surface area (Å²) in [4.78, 5) is 0. The van der Waals surface area contributed by atoms with Gasteiger partial charge in [-0.3, -0.25) is 0 Å². The number of hydrogen-bond donors (Lipinski definition) is 1. The van der Waals surface area contributed by atoms with Crippen LogP contribution in [0, 0.1) is 5.82 Å². The fourth-order valence-corrected chi connectivity index (χ4v) is 2.25. The number of benzene rings is 3. The number of para-hydroxylation sites is 1. The predicted octanol–water partition coefficient (Wildman–Crippen LogP) is 4.73. The summed E-state index contributed by atoms with van der Waals surface area (Å²) < 4.78 is 19.2. The van der Waals surface area contributed by atoms with E-state index in [0.717, 1.165) is 16.5 Å². The van der Waals surface area contributed by atoms with Gasteiger partial charge in [-0.15, -0.1) is 0 Å². The van der Waals surface area contributed by atoms with Crippen molar-refractivity contribution < 1.29 is 9.13 Å². The number of rotatable bonds is 3. The molecule has 3 aromatic rings. The molecule has 20 heavy (non-hydrogen) atoms. The molecule has 0 saturated carbocycles. The van der Waals surface area contributed by atoms with Crippen LogP contribution >= 0.6 is 0 Å². The number of nitrogens with one attached hydrogen (secondary N) is 1. The van der Waals surface area contributed by atoms with Gasteiger partial charge in [-0.25, -0.2) is 4.39 Å². The highest BCUT2D eigenvalue weighted by atomic mass is 19.1. The van der Waals surface area contributed by atoms with Gasteiger partial charge >= 0.3 is 0 Å². The largest absolute Gasteiger partial charge is 0.495 e. The Labute approximate surface area is 116 Å². The first-order valence-corrected chi connectivity index (χ1v) is 6.37. The van der Waals surface area contributed by atoms with E-state index in [4.69, 9.17) is 4.74 Å². The first kappa shape index (κ1) is 12.5. The monoisotopic (exact) mass is 267 g/mol. The third-order valence-corrected chi connectivity index (χ3v) is 3.24. The van der Waals surface area contributed by atoms with Crippen molar-refractivity contribution in [3.8, 4) is 5.75 Å². The fraction of sp³-hybridized carbons (Fsp3) is 0.0588. The highest BCUT2D eigenvalue weighted by Gasteiger charge is 2.10. The van der Waals surface area contributed by atoms with Gasteiger partial charge in [0.15, 0.2) is 0 Å². The van der Waals surface area contributed by atoms with Gasteiger partial charge in [0, 0.05) is 5.39 Å². The van der Waals surface area contributed by atoms with E-state index in [2.05, 4.69) is 5.32 Å². The third kappa shape index (κ3) is 2.18. The van der Waals surface area contributed by atoms with Gasteiger partial charge in [-0.1, -0.05) is 42.5 Å². The van der Waals surface area contributed by atoms with Crippen molar-refractivity contribution in [1.82, 2.24) is 0 Å². The van der Waals surface area contributed by atoms with Gasteiger partial charge in [0.1, 0.15) is 11.6 Å². The molecule has 1 N–H and O–H groups in total. The van der Waals surface area contributed by atoms with Crippen LogP contribution in [0.15, 0.2) is 60.7 Å². The van der Waals surface area contributed by atoms with Gasteiger partial charge < -0.3 is 10.1 Å². The van der Waals surface area contributed by atoms with Crippen LogP contribution in [0.5, 0.6) is 5.75 Å². The molecule has 0 unspecified atom stereocenters. The highest BCUT2D eigenvalue weighted by molar-refractivity contribution is 5.98. The summed E-state index contributed by atoms with van der Waals surface area (Å²) in [5.41, 5.74) is 1.21. The predicted molar refractivity (Wildman–Crippen MR) is 80.2 cm³/mol. The smallest absolute Gasteiger partial charge is 0.146 e. The SMILES string of the molecule is COc1ccc2ccccc2c1Nc1ccccc1F. The van der Waals surface area contributed by atoms with Crippen LogP contribution in [-0.2, 0) is 0 Å². The second-order valence-electron chi connectivity index (χ2n) is 4.47. The summed E-state index contributed by atoms with van der Waals surface area (Å²) in [5, 5.41) is 5.21. The molecule has 100 valence electrons. The van der Waals surface area contributed by atoms with E-state index >= 15 is 0 Å². The van der Waals surface area contributed by atoms with E-state index in [0.29, 0.717) is 11.4 Å². The number of anilines is 2. The minimum absolute atomic E-state index is 0.289. The molecule has 3 heteroatoms. The van der Waals surface area contributed by atoms with Crippen molar-refractivity contribution in [3.63, 3.8) is 0 Å². The maximum Gasteiger partial charge on any atom is 0.146 e. The lowest BCUT2D eigenvalue weighted by molar-refractivity contribution is 0.417. The molecular formula is C17H14FNO. The molecule has 3 rings (SSSR count). The molecule has 0 aliphatic rings. The molecule has 3 aromatic carbocycles. The standard InChI is InChI=1S/C17H14FNO/c1-20-16-11-10-12-6-2-3-7-13(12)17(16)19-15-9-5-4-8-14(15)18/h2-11,19H,1H3. The second kappa shape index (κ2) is 5.21. The van der Waals surface area contributed by atoms with Crippen molar-refractivity contribution in [2.75, 3.05) is 12.4 Å². The lowest BCUT2D eigenvalue weighted by Crippen LogP contribution is -1.97. The minimum Gasteiger partial charge on any atom is -0.495 e. The lowest BCUT2D eigenvalue weighted by atomic mass is 10.1. The Kier molecular flexibility index (Phi) is 3.25. The maximum absolute atomic E-state index is 13.8. The Bertz CT molecular complexity index is 755. The van der Waals surface area contributed by atoms with E-state index in [1.807, 2.05) is 36.4 Å². The summed E-state index contributed by atoms with van der Waals surface area (Å²) >= 11 is 0.